The third-order valence-corrected chi connectivity index (χ3v) is 2.39. The molecule has 0 atom stereocenters. The molecular formula is C12H13N2O+. The van der Waals surface area contributed by atoms with Gasteiger partial charge in [0.05, 0.1) is 6.42 Å². The van der Waals surface area contributed by atoms with E-state index in [4.69, 9.17) is 5.73 Å². The molecule has 0 bridgehead atoms. The summed E-state index contributed by atoms with van der Waals surface area (Å²) < 4.78 is 2.04. The summed E-state index contributed by atoms with van der Waals surface area (Å²) >= 11 is 0. The SMILES string of the molecule is NC(=O)CC[n+]1cccc2ccccc21. The number of primary amides is 1. The number of carbonyl (C=O) groups is 1. The number of aryl methyl sites for hydroxylation is 1. The maximum absolute atomic E-state index is 10.7. The molecule has 0 spiro atoms. The minimum atomic E-state index is -0.268. The Labute approximate surface area is 88.1 Å². The van der Waals surface area contributed by atoms with Gasteiger partial charge in [0, 0.05) is 17.5 Å². The number of nitrogens with zero attached hydrogens (tertiary/aromatic N) is 1. The Bertz CT molecular complexity index is 488. The van der Waals surface area contributed by atoms with Crippen LogP contribution in [0.4, 0.5) is 0 Å². The largest absolute Gasteiger partial charge is 0.369 e. The molecule has 3 heteroatoms. The summed E-state index contributed by atoms with van der Waals surface area (Å²) in [6.07, 6.45) is 2.34. The van der Waals surface area contributed by atoms with E-state index in [9.17, 15) is 4.79 Å². The van der Waals surface area contributed by atoms with E-state index in [1.807, 2.05) is 35.0 Å². The van der Waals surface area contributed by atoms with E-state index in [1.54, 1.807) is 0 Å². The van der Waals surface area contributed by atoms with Gasteiger partial charge in [-0.1, -0.05) is 12.1 Å². The molecule has 0 aliphatic carbocycles. The van der Waals surface area contributed by atoms with Gasteiger partial charge in [-0.2, -0.15) is 4.57 Å². The summed E-state index contributed by atoms with van der Waals surface area (Å²) in [5, 5.41) is 1.17. The van der Waals surface area contributed by atoms with Crippen LogP contribution in [0, 0.1) is 0 Å². The van der Waals surface area contributed by atoms with Gasteiger partial charge in [0.1, 0.15) is 0 Å². The lowest BCUT2D eigenvalue weighted by Crippen LogP contribution is -2.36. The number of para-hydroxylation sites is 1. The minimum absolute atomic E-state index is 0.268. The number of carbonyl (C=O) groups excluding carboxylic acids is 1. The van der Waals surface area contributed by atoms with Crippen molar-refractivity contribution in [2.75, 3.05) is 0 Å². The van der Waals surface area contributed by atoms with E-state index in [0.29, 0.717) is 13.0 Å². The fourth-order valence-corrected chi connectivity index (χ4v) is 1.65. The first-order valence-corrected chi connectivity index (χ1v) is 4.93. The van der Waals surface area contributed by atoms with Crippen molar-refractivity contribution in [3.63, 3.8) is 0 Å². The summed E-state index contributed by atoms with van der Waals surface area (Å²) in [7, 11) is 0. The molecule has 1 aromatic heterocycles. The quantitative estimate of drug-likeness (QED) is 0.740. The normalized spacial score (nSPS) is 10.4. The molecule has 76 valence electrons. The van der Waals surface area contributed by atoms with E-state index in [-0.39, 0.29) is 5.91 Å². The molecule has 0 saturated carbocycles. The van der Waals surface area contributed by atoms with Gasteiger partial charge < -0.3 is 5.73 Å². The lowest BCUT2D eigenvalue weighted by Gasteiger charge is -1.99. The Morgan fingerprint density at radius 3 is 2.73 bits per heavy atom. The number of fused-ring (bicyclic) bond motifs is 1. The number of benzene rings is 1. The van der Waals surface area contributed by atoms with Crippen molar-refractivity contribution in [1.29, 1.82) is 0 Å². The third kappa shape index (κ3) is 2.13. The minimum Gasteiger partial charge on any atom is -0.369 e. The van der Waals surface area contributed by atoms with Gasteiger partial charge in [0.15, 0.2) is 12.7 Å². The smallest absolute Gasteiger partial charge is 0.223 e. The van der Waals surface area contributed by atoms with Crippen LogP contribution in [-0.4, -0.2) is 5.91 Å². The third-order valence-electron chi connectivity index (χ3n) is 2.39. The van der Waals surface area contributed by atoms with Gasteiger partial charge in [0.2, 0.25) is 11.4 Å². The Balaban J connectivity index is 2.38. The van der Waals surface area contributed by atoms with Crippen molar-refractivity contribution in [2.24, 2.45) is 5.73 Å². The molecule has 0 unspecified atom stereocenters. The van der Waals surface area contributed by atoms with Crippen LogP contribution in [0.5, 0.6) is 0 Å². The molecule has 15 heavy (non-hydrogen) atoms. The van der Waals surface area contributed by atoms with Crippen LogP contribution in [0.15, 0.2) is 42.6 Å². The molecule has 2 aromatic rings. The summed E-state index contributed by atoms with van der Waals surface area (Å²) in [6, 6.07) is 12.1. The number of amides is 1. The van der Waals surface area contributed by atoms with Crippen molar-refractivity contribution in [3.8, 4) is 0 Å². The van der Waals surface area contributed by atoms with Crippen LogP contribution >= 0.6 is 0 Å². The van der Waals surface area contributed by atoms with Crippen molar-refractivity contribution in [1.82, 2.24) is 0 Å². The molecule has 1 amide bonds. The zero-order chi connectivity index (χ0) is 10.7. The van der Waals surface area contributed by atoms with Crippen LogP contribution in [0.3, 0.4) is 0 Å². The number of hydrogen-bond acceptors (Lipinski definition) is 1. The Morgan fingerprint density at radius 1 is 1.20 bits per heavy atom. The summed E-state index contributed by atoms with van der Waals surface area (Å²) in [4.78, 5) is 10.7. The second kappa shape index (κ2) is 4.09. The molecule has 2 N–H and O–H groups in total. The van der Waals surface area contributed by atoms with Crippen LogP contribution in [0.25, 0.3) is 10.9 Å². The molecular weight excluding hydrogens is 188 g/mol. The maximum atomic E-state index is 10.7. The van der Waals surface area contributed by atoms with E-state index < -0.39 is 0 Å². The van der Waals surface area contributed by atoms with Crippen molar-refractivity contribution in [2.45, 2.75) is 13.0 Å². The fourth-order valence-electron chi connectivity index (χ4n) is 1.65. The number of hydrogen-bond donors (Lipinski definition) is 1. The second-order valence-electron chi connectivity index (χ2n) is 3.48. The van der Waals surface area contributed by atoms with E-state index in [2.05, 4.69) is 12.1 Å². The van der Waals surface area contributed by atoms with Crippen LogP contribution in [-0.2, 0) is 11.3 Å². The first-order valence-electron chi connectivity index (χ1n) is 4.93. The van der Waals surface area contributed by atoms with Gasteiger partial charge >= 0.3 is 0 Å². The number of nitrogens with two attached hydrogens (primary N) is 1. The Kier molecular flexibility index (Phi) is 2.63. The molecule has 0 radical (unpaired) electrons. The highest BCUT2D eigenvalue weighted by Gasteiger charge is 2.07. The van der Waals surface area contributed by atoms with Crippen LogP contribution < -0.4 is 10.3 Å². The molecule has 1 aromatic carbocycles. The van der Waals surface area contributed by atoms with E-state index >= 15 is 0 Å². The predicted octanol–water partition coefficient (Wildman–Crippen LogP) is 1.00. The Hall–Kier alpha value is -1.90. The lowest BCUT2D eigenvalue weighted by molar-refractivity contribution is -0.670. The number of rotatable bonds is 3. The highest BCUT2D eigenvalue weighted by molar-refractivity contribution is 5.75. The average Bonchev–Trinajstić information content (AvgIpc) is 2.26. The van der Waals surface area contributed by atoms with E-state index in [1.165, 1.54) is 5.39 Å². The molecule has 3 nitrogen and oxygen atoms in total. The lowest BCUT2D eigenvalue weighted by atomic mass is 10.2. The highest BCUT2D eigenvalue weighted by Crippen LogP contribution is 2.07. The van der Waals surface area contributed by atoms with Gasteiger partial charge in [-0.25, -0.2) is 0 Å². The molecule has 1 heterocycles. The van der Waals surface area contributed by atoms with Gasteiger partial charge in [-0.3, -0.25) is 4.79 Å². The topological polar surface area (TPSA) is 47.0 Å². The predicted molar refractivity (Wildman–Crippen MR) is 58.0 cm³/mol. The molecule has 0 fully saturated rings. The number of pyridine rings is 1. The standard InChI is InChI=1S/C12H12N2O/c13-12(15)7-9-14-8-3-5-10-4-1-2-6-11(10)14/h1-6,8H,7,9H2,(H-,13,15)/p+1. The molecule has 2 rings (SSSR count). The average molecular weight is 201 g/mol. The van der Waals surface area contributed by atoms with Gasteiger partial charge in [-0.15, -0.1) is 0 Å². The van der Waals surface area contributed by atoms with Gasteiger partial charge in [0.25, 0.3) is 0 Å². The maximum Gasteiger partial charge on any atom is 0.223 e. The van der Waals surface area contributed by atoms with E-state index in [0.717, 1.165) is 5.52 Å². The van der Waals surface area contributed by atoms with Crippen LogP contribution in [0.2, 0.25) is 0 Å². The first kappa shape index (κ1) is 9.65. The van der Waals surface area contributed by atoms with Crippen molar-refractivity contribution < 1.29 is 9.36 Å². The van der Waals surface area contributed by atoms with Gasteiger partial charge in [-0.05, 0) is 12.1 Å². The zero-order valence-corrected chi connectivity index (χ0v) is 8.39. The molecule has 0 aliphatic heterocycles. The zero-order valence-electron chi connectivity index (χ0n) is 8.39. The first-order chi connectivity index (χ1) is 7.27. The highest BCUT2D eigenvalue weighted by atomic mass is 16.1. The van der Waals surface area contributed by atoms with Crippen molar-refractivity contribution in [3.05, 3.63) is 42.6 Å². The van der Waals surface area contributed by atoms with Crippen LogP contribution in [0.1, 0.15) is 6.42 Å². The molecule has 0 aliphatic rings. The second-order valence-corrected chi connectivity index (χ2v) is 3.48. The monoisotopic (exact) mass is 201 g/mol. The number of aromatic nitrogens is 1. The summed E-state index contributed by atoms with van der Waals surface area (Å²) in [5.74, 6) is -0.268. The van der Waals surface area contributed by atoms with Crippen molar-refractivity contribution >= 4 is 16.8 Å². The Morgan fingerprint density at radius 2 is 1.93 bits per heavy atom. The molecule has 0 saturated heterocycles. The fraction of sp³-hybridized carbons (Fsp3) is 0.167. The summed E-state index contributed by atoms with van der Waals surface area (Å²) in [6.45, 7) is 0.636. The summed E-state index contributed by atoms with van der Waals surface area (Å²) in [5.41, 5.74) is 6.26.